The summed E-state index contributed by atoms with van der Waals surface area (Å²) in [5, 5.41) is 3.42. The van der Waals surface area contributed by atoms with Crippen LogP contribution in [0.5, 0.6) is 5.75 Å². The first kappa shape index (κ1) is 24.5. The van der Waals surface area contributed by atoms with Crippen LogP contribution < -0.4 is 10.1 Å². The van der Waals surface area contributed by atoms with Crippen molar-refractivity contribution in [1.82, 2.24) is 15.1 Å². The number of guanidine groups is 1. The van der Waals surface area contributed by atoms with Gasteiger partial charge >= 0.3 is 0 Å². The third-order valence-electron chi connectivity index (χ3n) is 5.30. The zero-order valence-corrected chi connectivity index (χ0v) is 20.2. The van der Waals surface area contributed by atoms with Crippen LogP contribution in [0.25, 0.3) is 0 Å². The van der Waals surface area contributed by atoms with Gasteiger partial charge in [-0.1, -0.05) is 30.5 Å². The van der Waals surface area contributed by atoms with E-state index in [0.29, 0.717) is 19.7 Å². The van der Waals surface area contributed by atoms with E-state index in [9.17, 15) is 4.79 Å². The molecule has 1 amide bonds. The molecule has 1 aromatic rings. The van der Waals surface area contributed by atoms with E-state index in [1.165, 1.54) is 5.56 Å². The number of nitrogens with zero attached hydrogens (tertiary/aromatic N) is 3. The fourth-order valence-electron chi connectivity index (χ4n) is 3.67. The van der Waals surface area contributed by atoms with Gasteiger partial charge in [0.15, 0.2) is 5.96 Å². The van der Waals surface area contributed by atoms with Crippen molar-refractivity contribution >= 4 is 35.8 Å². The molecule has 0 aromatic heterocycles. The van der Waals surface area contributed by atoms with E-state index in [-0.39, 0.29) is 35.3 Å². The van der Waals surface area contributed by atoms with Gasteiger partial charge in [0.05, 0.1) is 12.0 Å². The Morgan fingerprint density at radius 3 is 2.32 bits per heavy atom. The molecule has 2 rings (SSSR count). The number of benzene rings is 1. The second kappa shape index (κ2) is 11.5. The lowest BCUT2D eigenvalue weighted by molar-refractivity contribution is -0.138. The summed E-state index contributed by atoms with van der Waals surface area (Å²) in [5.74, 6) is 1.88. The molecule has 28 heavy (non-hydrogen) atoms. The standard InChI is InChI=1S/C21H34N4O2.HI/c1-17-8-10-18(11-9-17)27-15-14-25(5)20(22-2)23-16-21(12-6-7-13-21)19(26)24(3)4;/h8-11H,6-7,12-16H2,1-5H3,(H,22,23);1H. The fourth-order valence-corrected chi connectivity index (χ4v) is 3.67. The topological polar surface area (TPSA) is 57.2 Å². The van der Waals surface area contributed by atoms with Crippen LogP contribution >= 0.6 is 24.0 Å². The number of ether oxygens (including phenoxy) is 1. The van der Waals surface area contributed by atoms with Crippen LogP contribution in [-0.2, 0) is 4.79 Å². The lowest BCUT2D eigenvalue weighted by Gasteiger charge is -2.32. The number of hydrogen-bond acceptors (Lipinski definition) is 3. The Labute approximate surface area is 186 Å². The SMILES string of the molecule is CN=C(NCC1(C(=O)N(C)C)CCCC1)N(C)CCOc1ccc(C)cc1.I. The maximum Gasteiger partial charge on any atom is 0.230 e. The number of amides is 1. The molecule has 6 nitrogen and oxygen atoms in total. The van der Waals surface area contributed by atoms with E-state index in [0.717, 1.165) is 37.4 Å². The van der Waals surface area contributed by atoms with Gasteiger partial charge in [0, 0.05) is 34.7 Å². The van der Waals surface area contributed by atoms with Crippen LogP contribution in [0.4, 0.5) is 0 Å². The second-order valence-corrected chi connectivity index (χ2v) is 7.67. The number of aliphatic imine (C=N–C) groups is 1. The van der Waals surface area contributed by atoms with Crippen LogP contribution in [0, 0.1) is 12.3 Å². The summed E-state index contributed by atoms with van der Waals surface area (Å²) in [5.41, 5.74) is 0.913. The Hall–Kier alpha value is -1.51. The highest BCUT2D eigenvalue weighted by Gasteiger charge is 2.42. The second-order valence-electron chi connectivity index (χ2n) is 7.67. The molecule has 158 valence electrons. The van der Waals surface area contributed by atoms with E-state index in [1.807, 2.05) is 50.3 Å². The lowest BCUT2D eigenvalue weighted by atomic mass is 9.84. The summed E-state index contributed by atoms with van der Waals surface area (Å²) in [6, 6.07) is 8.06. The smallest absolute Gasteiger partial charge is 0.230 e. The number of likely N-dealkylation sites (N-methyl/N-ethyl adjacent to an activating group) is 1. The summed E-state index contributed by atoms with van der Waals surface area (Å²) >= 11 is 0. The lowest BCUT2D eigenvalue weighted by Crippen LogP contribution is -2.50. The molecule has 0 aliphatic heterocycles. The third-order valence-corrected chi connectivity index (χ3v) is 5.30. The number of hydrogen-bond donors (Lipinski definition) is 1. The van der Waals surface area contributed by atoms with Crippen LogP contribution in [-0.4, -0.2) is 69.6 Å². The summed E-state index contributed by atoms with van der Waals surface area (Å²) in [4.78, 5) is 20.8. The summed E-state index contributed by atoms with van der Waals surface area (Å²) in [7, 11) is 7.44. The molecule has 0 radical (unpaired) electrons. The first-order chi connectivity index (χ1) is 12.9. The van der Waals surface area contributed by atoms with Crippen molar-refractivity contribution in [2.75, 3.05) is 47.9 Å². The molecule has 0 saturated heterocycles. The van der Waals surface area contributed by atoms with Gasteiger partial charge in [-0.05, 0) is 31.9 Å². The van der Waals surface area contributed by atoms with Crippen molar-refractivity contribution in [1.29, 1.82) is 0 Å². The van der Waals surface area contributed by atoms with E-state index in [1.54, 1.807) is 11.9 Å². The highest BCUT2D eigenvalue weighted by Crippen LogP contribution is 2.38. The van der Waals surface area contributed by atoms with Crippen LogP contribution in [0.2, 0.25) is 0 Å². The van der Waals surface area contributed by atoms with Crippen molar-refractivity contribution < 1.29 is 9.53 Å². The average molecular weight is 502 g/mol. The average Bonchev–Trinajstić information content (AvgIpc) is 3.13. The summed E-state index contributed by atoms with van der Waals surface area (Å²) < 4.78 is 5.81. The van der Waals surface area contributed by atoms with Gasteiger partial charge in [0.25, 0.3) is 0 Å². The first-order valence-corrected chi connectivity index (χ1v) is 9.71. The van der Waals surface area contributed by atoms with Gasteiger partial charge in [-0.3, -0.25) is 9.79 Å². The zero-order chi connectivity index (χ0) is 19.9. The van der Waals surface area contributed by atoms with Crippen molar-refractivity contribution in [3.63, 3.8) is 0 Å². The number of carbonyl (C=O) groups excluding carboxylic acids is 1. The van der Waals surface area contributed by atoms with Crippen molar-refractivity contribution in [3.8, 4) is 5.75 Å². The molecular weight excluding hydrogens is 467 g/mol. The molecule has 0 heterocycles. The number of aryl methyl sites for hydroxylation is 1. The van der Waals surface area contributed by atoms with E-state index in [4.69, 9.17) is 4.74 Å². The summed E-state index contributed by atoms with van der Waals surface area (Å²) in [6.45, 7) is 3.97. The van der Waals surface area contributed by atoms with Gasteiger partial charge in [0.1, 0.15) is 12.4 Å². The molecule has 1 aliphatic rings. The molecule has 1 aromatic carbocycles. The third kappa shape index (κ3) is 6.53. The number of rotatable bonds is 7. The summed E-state index contributed by atoms with van der Waals surface area (Å²) in [6.07, 6.45) is 4.10. The van der Waals surface area contributed by atoms with E-state index in [2.05, 4.69) is 17.2 Å². The fraction of sp³-hybridized carbons (Fsp3) is 0.619. The van der Waals surface area contributed by atoms with E-state index < -0.39 is 0 Å². The predicted molar refractivity (Wildman–Crippen MR) is 126 cm³/mol. The maximum atomic E-state index is 12.7. The van der Waals surface area contributed by atoms with Crippen LogP contribution in [0.15, 0.2) is 29.3 Å². The number of halogens is 1. The molecule has 1 fully saturated rings. The van der Waals surface area contributed by atoms with Crippen LogP contribution in [0.3, 0.4) is 0 Å². The monoisotopic (exact) mass is 502 g/mol. The Bertz CT molecular complexity index is 640. The minimum absolute atomic E-state index is 0. The first-order valence-electron chi connectivity index (χ1n) is 9.71. The highest BCUT2D eigenvalue weighted by atomic mass is 127. The van der Waals surface area contributed by atoms with Gasteiger partial charge in [-0.15, -0.1) is 24.0 Å². The van der Waals surface area contributed by atoms with Crippen molar-refractivity contribution in [3.05, 3.63) is 29.8 Å². The number of nitrogens with one attached hydrogen (secondary N) is 1. The molecule has 1 saturated carbocycles. The van der Waals surface area contributed by atoms with Crippen molar-refractivity contribution in [2.24, 2.45) is 10.4 Å². The normalized spacial score (nSPS) is 15.5. The molecular formula is C21H35IN4O2. The number of carbonyl (C=O) groups is 1. The quantitative estimate of drug-likeness (QED) is 0.354. The minimum atomic E-state index is -0.307. The van der Waals surface area contributed by atoms with Crippen molar-refractivity contribution in [2.45, 2.75) is 32.6 Å². The zero-order valence-electron chi connectivity index (χ0n) is 17.8. The minimum Gasteiger partial charge on any atom is -0.492 e. The van der Waals surface area contributed by atoms with Gasteiger partial charge < -0.3 is 19.9 Å². The maximum absolute atomic E-state index is 12.7. The van der Waals surface area contributed by atoms with E-state index >= 15 is 0 Å². The molecule has 0 bridgehead atoms. The Morgan fingerprint density at radius 2 is 1.79 bits per heavy atom. The largest absolute Gasteiger partial charge is 0.492 e. The molecule has 0 spiro atoms. The molecule has 1 N–H and O–H groups in total. The molecule has 1 aliphatic carbocycles. The predicted octanol–water partition coefficient (Wildman–Crippen LogP) is 3.15. The highest BCUT2D eigenvalue weighted by molar-refractivity contribution is 14.0. The van der Waals surface area contributed by atoms with Gasteiger partial charge in [-0.25, -0.2) is 0 Å². The molecule has 0 atom stereocenters. The Kier molecular flexibility index (Phi) is 10.1. The van der Waals surface area contributed by atoms with Gasteiger partial charge in [0.2, 0.25) is 5.91 Å². The molecule has 0 unspecified atom stereocenters. The Balaban J connectivity index is 0.00000392. The Morgan fingerprint density at radius 1 is 1.18 bits per heavy atom. The van der Waals surface area contributed by atoms with Crippen LogP contribution in [0.1, 0.15) is 31.2 Å². The molecule has 7 heteroatoms. The van der Waals surface area contributed by atoms with Gasteiger partial charge in [-0.2, -0.15) is 0 Å².